The van der Waals surface area contributed by atoms with Crippen molar-refractivity contribution in [2.45, 2.75) is 0 Å². The molecule has 57 heavy (non-hydrogen) atoms. The average molecular weight is 747 g/mol. The number of thiophene rings is 1. The summed E-state index contributed by atoms with van der Waals surface area (Å²) in [5.74, 6) is 1.93. The van der Waals surface area contributed by atoms with E-state index in [0.29, 0.717) is 17.5 Å². The molecular formula is C51H30N4OS. The summed E-state index contributed by atoms with van der Waals surface area (Å²) in [4.78, 5) is 15.5. The predicted molar refractivity (Wildman–Crippen MR) is 236 cm³/mol. The number of aromatic nitrogens is 4. The summed E-state index contributed by atoms with van der Waals surface area (Å²) >= 11 is 1.80. The number of furan rings is 1. The zero-order valence-corrected chi connectivity index (χ0v) is 31.2. The minimum Gasteiger partial charge on any atom is -0.456 e. The summed E-state index contributed by atoms with van der Waals surface area (Å²) in [7, 11) is 0. The molecule has 0 radical (unpaired) electrons. The van der Waals surface area contributed by atoms with Gasteiger partial charge in [0.25, 0.3) is 0 Å². The molecule has 0 saturated carbocycles. The zero-order valence-electron chi connectivity index (χ0n) is 30.4. The number of hydrogen-bond donors (Lipinski definition) is 0. The summed E-state index contributed by atoms with van der Waals surface area (Å²) in [5.41, 5.74) is 10.3. The van der Waals surface area contributed by atoms with E-state index in [0.717, 1.165) is 66.5 Å². The van der Waals surface area contributed by atoms with E-state index in [4.69, 9.17) is 19.4 Å². The van der Waals surface area contributed by atoms with Gasteiger partial charge < -0.3 is 8.98 Å². The fourth-order valence-corrected chi connectivity index (χ4v) is 9.56. The number of hydrogen-bond acceptors (Lipinski definition) is 5. The van der Waals surface area contributed by atoms with Crippen LogP contribution in [0.2, 0.25) is 0 Å². The second-order valence-electron chi connectivity index (χ2n) is 14.4. The Labute approximate surface area is 330 Å². The maximum Gasteiger partial charge on any atom is 0.164 e. The van der Waals surface area contributed by atoms with Gasteiger partial charge in [0.2, 0.25) is 0 Å². The lowest BCUT2D eigenvalue weighted by Crippen LogP contribution is -2.01. The SMILES string of the molecule is c1ccc(-c2nc(-c3cccc(-n4c5ccccc5c5cc(-c6ccc7oc8ccccc8c7c6)ccc54)c3)nc(-c3cccc4sc5ccccc5c34)n2)cc1. The lowest BCUT2D eigenvalue weighted by Gasteiger charge is -2.12. The number of rotatable bonds is 5. The van der Waals surface area contributed by atoms with E-state index in [-0.39, 0.29) is 0 Å². The lowest BCUT2D eigenvalue weighted by molar-refractivity contribution is 0.669. The van der Waals surface area contributed by atoms with Crippen LogP contribution in [0.15, 0.2) is 186 Å². The van der Waals surface area contributed by atoms with Gasteiger partial charge in [-0.1, -0.05) is 121 Å². The van der Waals surface area contributed by atoms with Gasteiger partial charge in [0.05, 0.1) is 11.0 Å². The highest BCUT2D eigenvalue weighted by atomic mass is 32.1. The molecule has 0 aliphatic rings. The van der Waals surface area contributed by atoms with Crippen LogP contribution in [0.1, 0.15) is 0 Å². The normalized spacial score (nSPS) is 11.9. The Balaban J connectivity index is 1.02. The predicted octanol–water partition coefficient (Wildman–Crippen LogP) is 13.9. The minimum absolute atomic E-state index is 0.627. The van der Waals surface area contributed by atoms with Crippen molar-refractivity contribution in [1.82, 2.24) is 19.5 Å². The highest BCUT2D eigenvalue weighted by Crippen LogP contribution is 2.41. The Kier molecular flexibility index (Phi) is 7.03. The smallest absolute Gasteiger partial charge is 0.164 e. The Bertz CT molecular complexity index is 3540. The zero-order chi connectivity index (χ0) is 37.5. The first kappa shape index (κ1) is 31.9. The van der Waals surface area contributed by atoms with Gasteiger partial charge in [0, 0.05) is 64.1 Å². The standard InChI is InChI=1S/C51H30N4OS/c1-2-12-31(13-3-1)49-52-50(54-51(53-49)39-19-11-23-47-48(39)38-18-6-9-22-46(38)57-47)34-14-10-15-35(28-34)55-42-20-7-4-16-36(42)40-29-32(24-26-43(40)55)33-25-27-45-41(30-33)37-17-5-8-21-44(37)56-45/h1-30H. The molecule has 0 spiro atoms. The summed E-state index contributed by atoms with van der Waals surface area (Å²) in [6.07, 6.45) is 0. The third-order valence-electron chi connectivity index (χ3n) is 11.1. The molecule has 4 heterocycles. The molecule has 8 aromatic carbocycles. The van der Waals surface area contributed by atoms with E-state index in [1.165, 1.54) is 30.9 Å². The molecule has 6 heteroatoms. The van der Waals surface area contributed by atoms with Crippen molar-refractivity contribution >= 4 is 75.3 Å². The molecule has 0 bridgehead atoms. The minimum atomic E-state index is 0.627. The van der Waals surface area contributed by atoms with Crippen molar-refractivity contribution < 1.29 is 4.42 Å². The van der Waals surface area contributed by atoms with Crippen molar-refractivity contribution in [2.24, 2.45) is 0 Å². The van der Waals surface area contributed by atoms with Crippen LogP contribution >= 0.6 is 11.3 Å². The monoisotopic (exact) mass is 746 g/mol. The quantitative estimate of drug-likeness (QED) is 0.176. The first-order valence-electron chi connectivity index (χ1n) is 19.0. The molecule has 0 N–H and O–H groups in total. The fourth-order valence-electron chi connectivity index (χ4n) is 8.42. The van der Waals surface area contributed by atoms with Crippen molar-refractivity contribution in [2.75, 3.05) is 0 Å². The molecule has 266 valence electrons. The van der Waals surface area contributed by atoms with E-state index in [1.54, 1.807) is 11.3 Å². The van der Waals surface area contributed by atoms with Crippen LogP contribution in [0.3, 0.4) is 0 Å². The molecule has 0 aliphatic heterocycles. The van der Waals surface area contributed by atoms with Crippen LogP contribution in [0.5, 0.6) is 0 Å². The summed E-state index contributed by atoms with van der Waals surface area (Å²) in [6.45, 7) is 0. The van der Waals surface area contributed by atoms with Gasteiger partial charge >= 0.3 is 0 Å². The van der Waals surface area contributed by atoms with Gasteiger partial charge in [-0.25, -0.2) is 15.0 Å². The van der Waals surface area contributed by atoms with Crippen molar-refractivity contribution in [1.29, 1.82) is 0 Å². The Hall–Kier alpha value is -7.41. The van der Waals surface area contributed by atoms with Crippen LogP contribution in [-0.4, -0.2) is 19.5 Å². The van der Waals surface area contributed by atoms with Gasteiger partial charge in [0.15, 0.2) is 17.5 Å². The number of nitrogens with zero attached hydrogens (tertiary/aromatic N) is 4. The van der Waals surface area contributed by atoms with Crippen LogP contribution in [0.4, 0.5) is 0 Å². The molecule has 0 amide bonds. The maximum atomic E-state index is 6.14. The topological polar surface area (TPSA) is 56.7 Å². The first-order valence-corrected chi connectivity index (χ1v) is 19.8. The maximum absolute atomic E-state index is 6.14. The van der Waals surface area contributed by atoms with Gasteiger partial charge in [-0.2, -0.15) is 0 Å². The number of benzene rings is 8. The second-order valence-corrected chi connectivity index (χ2v) is 15.5. The highest BCUT2D eigenvalue weighted by Gasteiger charge is 2.19. The highest BCUT2D eigenvalue weighted by molar-refractivity contribution is 7.25. The molecule has 0 aliphatic carbocycles. The summed E-state index contributed by atoms with van der Waals surface area (Å²) < 4.78 is 10.9. The molecule has 4 aromatic heterocycles. The Morgan fingerprint density at radius 3 is 1.91 bits per heavy atom. The average Bonchev–Trinajstić information content (AvgIpc) is 3.96. The third kappa shape index (κ3) is 5.12. The molecule has 0 unspecified atom stereocenters. The summed E-state index contributed by atoms with van der Waals surface area (Å²) in [6, 6.07) is 63.9. The van der Waals surface area contributed by atoms with Gasteiger partial charge in [0.1, 0.15) is 11.2 Å². The molecular weight excluding hydrogens is 717 g/mol. The van der Waals surface area contributed by atoms with Crippen LogP contribution in [0.25, 0.3) is 115 Å². The fraction of sp³-hybridized carbons (Fsp3) is 0. The number of para-hydroxylation sites is 2. The van der Waals surface area contributed by atoms with Gasteiger partial charge in [-0.15, -0.1) is 11.3 Å². The molecule has 5 nitrogen and oxygen atoms in total. The summed E-state index contributed by atoms with van der Waals surface area (Å²) in [5, 5.41) is 7.02. The third-order valence-corrected chi connectivity index (χ3v) is 12.2. The van der Waals surface area contributed by atoms with Gasteiger partial charge in [-0.3, -0.25) is 0 Å². The van der Waals surface area contributed by atoms with E-state index in [1.807, 2.05) is 30.3 Å². The van der Waals surface area contributed by atoms with Gasteiger partial charge in [-0.05, 0) is 71.8 Å². The largest absolute Gasteiger partial charge is 0.456 e. The van der Waals surface area contributed by atoms with Crippen molar-refractivity contribution in [3.05, 3.63) is 182 Å². The molecule has 12 rings (SSSR count). The Morgan fingerprint density at radius 2 is 1.02 bits per heavy atom. The van der Waals surface area contributed by atoms with Crippen LogP contribution in [0, 0.1) is 0 Å². The molecule has 12 aromatic rings. The van der Waals surface area contributed by atoms with Crippen LogP contribution < -0.4 is 0 Å². The molecule has 0 fully saturated rings. The van der Waals surface area contributed by atoms with E-state index in [2.05, 4.69) is 156 Å². The first-order chi connectivity index (χ1) is 28.2. The number of fused-ring (bicyclic) bond motifs is 9. The molecule has 0 atom stereocenters. The lowest BCUT2D eigenvalue weighted by atomic mass is 10.0. The van der Waals surface area contributed by atoms with Crippen molar-refractivity contribution in [3.63, 3.8) is 0 Å². The molecule has 0 saturated heterocycles. The van der Waals surface area contributed by atoms with E-state index < -0.39 is 0 Å². The van der Waals surface area contributed by atoms with E-state index in [9.17, 15) is 0 Å². The van der Waals surface area contributed by atoms with E-state index >= 15 is 0 Å². The van der Waals surface area contributed by atoms with Crippen molar-refractivity contribution in [3.8, 4) is 51.0 Å². The Morgan fingerprint density at radius 1 is 0.386 bits per heavy atom. The second kappa shape index (κ2) is 12.6. The van der Waals surface area contributed by atoms with Crippen LogP contribution in [-0.2, 0) is 0 Å².